The van der Waals surface area contributed by atoms with E-state index in [1.165, 1.54) is 0 Å². The minimum Gasteiger partial charge on any atom is -0.281 e. The van der Waals surface area contributed by atoms with Crippen molar-refractivity contribution in [1.82, 2.24) is 0 Å². The van der Waals surface area contributed by atoms with E-state index in [4.69, 9.17) is 0 Å². The van der Waals surface area contributed by atoms with Gasteiger partial charge < -0.3 is 0 Å². The highest BCUT2D eigenvalue weighted by Gasteiger charge is 2.23. The van der Waals surface area contributed by atoms with Gasteiger partial charge in [0.2, 0.25) is 0 Å². The van der Waals surface area contributed by atoms with E-state index in [2.05, 4.69) is 0 Å². The fourth-order valence-corrected chi connectivity index (χ4v) is 1.04. The second kappa shape index (κ2) is 3.32. The van der Waals surface area contributed by atoms with Gasteiger partial charge in [-0.2, -0.15) is 0 Å². The molecule has 0 rings (SSSR count). The molecular formula is C6H10F2OS. The van der Waals surface area contributed by atoms with Crippen molar-refractivity contribution in [1.29, 1.82) is 0 Å². The van der Waals surface area contributed by atoms with E-state index in [0.29, 0.717) is 11.8 Å². The Morgan fingerprint density at radius 3 is 1.90 bits per heavy atom. The van der Waals surface area contributed by atoms with Gasteiger partial charge in [0.1, 0.15) is 0 Å². The monoisotopic (exact) mass is 168 g/mol. The van der Waals surface area contributed by atoms with Crippen molar-refractivity contribution in [2.45, 2.75) is 31.9 Å². The minimum absolute atomic E-state index is 0.409. The molecule has 1 nitrogen and oxygen atoms in total. The van der Waals surface area contributed by atoms with Crippen molar-refractivity contribution < 1.29 is 13.6 Å². The van der Waals surface area contributed by atoms with Crippen molar-refractivity contribution in [2.75, 3.05) is 0 Å². The average molecular weight is 168 g/mol. The molecule has 0 N–H and O–H groups in total. The molecule has 10 heavy (non-hydrogen) atoms. The van der Waals surface area contributed by atoms with E-state index in [1.54, 1.807) is 20.8 Å². The molecule has 4 heteroatoms. The summed E-state index contributed by atoms with van der Waals surface area (Å²) in [6, 6.07) is 0. The summed E-state index contributed by atoms with van der Waals surface area (Å²) in [6.07, 6.45) is -2.84. The standard InChI is InChI=1S/C6H10F2OS/c1-6(2,3)10-5(9)4(7)8/h4H,1-3H3. The molecule has 0 aromatic rings. The number of carbonyl (C=O) groups excluding carboxylic acids is 1. The molecule has 0 fully saturated rings. The molecule has 60 valence electrons. The third-order valence-corrected chi connectivity index (χ3v) is 1.58. The van der Waals surface area contributed by atoms with Gasteiger partial charge in [0.15, 0.2) is 0 Å². The number of alkyl halides is 2. The number of thioether (sulfide) groups is 1. The lowest BCUT2D eigenvalue weighted by molar-refractivity contribution is -0.120. The quantitative estimate of drug-likeness (QED) is 0.597. The van der Waals surface area contributed by atoms with Crippen LogP contribution in [0, 0.1) is 0 Å². The van der Waals surface area contributed by atoms with Crippen LogP contribution in [0.2, 0.25) is 0 Å². The zero-order valence-corrected chi connectivity index (χ0v) is 6.97. The molecule has 0 saturated heterocycles. The molecule has 0 aromatic heterocycles. The van der Waals surface area contributed by atoms with Crippen molar-refractivity contribution in [3.05, 3.63) is 0 Å². The van der Waals surface area contributed by atoms with Crippen molar-refractivity contribution >= 4 is 16.9 Å². The third kappa shape index (κ3) is 4.73. The highest BCUT2D eigenvalue weighted by Crippen LogP contribution is 2.25. The molecule has 0 spiro atoms. The van der Waals surface area contributed by atoms with Crippen LogP contribution in [-0.2, 0) is 4.79 Å². The predicted molar refractivity (Wildman–Crippen MR) is 38.4 cm³/mol. The molecule has 0 aliphatic rings. The first kappa shape index (κ1) is 9.88. The maximum absolute atomic E-state index is 11.6. The van der Waals surface area contributed by atoms with Gasteiger partial charge in [-0.05, 0) is 0 Å². The highest BCUT2D eigenvalue weighted by molar-refractivity contribution is 8.14. The normalized spacial score (nSPS) is 12.2. The van der Waals surface area contributed by atoms with Gasteiger partial charge in [0.05, 0.1) is 0 Å². The van der Waals surface area contributed by atoms with Crippen LogP contribution in [0.25, 0.3) is 0 Å². The largest absolute Gasteiger partial charge is 0.306 e. The lowest BCUT2D eigenvalue weighted by atomic mass is 10.3. The van der Waals surface area contributed by atoms with E-state index >= 15 is 0 Å². The Balaban J connectivity index is 3.81. The summed E-state index contributed by atoms with van der Waals surface area (Å²) < 4.78 is 22.8. The fourth-order valence-electron chi connectivity index (χ4n) is 0.346. The van der Waals surface area contributed by atoms with Crippen LogP contribution in [0.1, 0.15) is 20.8 Å². The van der Waals surface area contributed by atoms with Gasteiger partial charge in [-0.15, -0.1) is 0 Å². The maximum atomic E-state index is 11.6. The topological polar surface area (TPSA) is 17.1 Å². The molecule has 0 unspecified atom stereocenters. The lowest BCUT2D eigenvalue weighted by Gasteiger charge is -2.14. The van der Waals surface area contributed by atoms with Crippen molar-refractivity contribution in [3.63, 3.8) is 0 Å². The van der Waals surface area contributed by atoms with Gasteiger partial charge in [-0.3, -0.25) is 4.79 Å². The Labute approximate surface area is 63.2 Å². The van der Waals surface area contributed by atoms with E-state index < -0.39 is 16.3 Å². The highest BCUT2D eigenvalue weighted by atomic mass is 32.2. The number of carbonyl (C=O) groups is 1. The Bertz CT molecular complexity index is 128. The molecule has 0 aliphatic carbocycles. The zero-order valence-electron chi connectivity index (χ0n) is 6.15. The number of hydrogen-bond acceptors (Lipinski definition) is 2. The minimum atomic E-state index is -2.84. The van der Waals surface area contributed by atoms with Gasteiger partial charge in [-0.25, -0.2) is 8.78 Å². The first-order valence-corrected chi connectivity index (χ1v) is 3.65. The van der Waals surface area contributed by atoms with Crippen LogP contribution in [0.5, 0.6) is 0 Å². The Kier molecular flexibility index (Phi) is 3.28. The van der Waals surface area contributed by atoms with E-state index in [0.717, 1.165) is 0 Å². The van der Waals surface area contributed by atoms with Crippen LogP contribution in [0.4, 0.5) is 8.78 Å². The van der Waals surface area contributed by atoms with Gasteiger partial charge >= 0.3 is 6.43 Å². The zero-order chi connectivity index (χ0) is 8.36. The molecule has 0 heterocycles. The molecular weight excluding hydrogens is 158 g/mol. The van der Waals surface area contributed by atoms with Gasteiger partial charge in [0, 0.05) is 4.75 Å². The van der Waals surface area contributed by atoms with Crippen LogP contribution in [-0.4, -0.2) is 16.3 Å². The van der Waals surface area contributed by atoms with Gasteiger partial charge in [-0.1, -0.05) is 32.5 Å². The predicted octanol–water partition coefficient (Wildman–Crippen LogP) is 2.31. The fraction of sp³-hybridized carbons (Fsp3) is 0.833. The summed E-state index contributed by atoms with van der Waals surface area (Å²) >= 11 is 0.676. The molecule has 0 amide bonds. The van der Waals surface area contributed by atoms with Gasteiger partial charge in [0.25, 0.3) is 5.12 Å². The van der Waals surface area contributed by atoms with E-state index in [1.807, 2.05) is 0 Å². The summed E-state index contributed by atoms with van der Waals surface area (Å²) in [4.78, 5) is 10.4. The molecule has 0 aliphatic heterocycles. The van der Waals surface area contributed by atoms with Crippen LogP contribution in [0.15, 0.2) is 0 Å². The summed E-state index contributed by atoms with van der Waals surface area (Å²) in [5, 5.41) is -1.05. The summed E-state index contributed by atoms with van der Waals surface area (Å²) in [7, 11) is 0. The number of halogens is 2. The second-order valence-corrected chi connectivity index (χ2v) is 4.67. The van der Waals surface area contributed by atoms with Crippen molar-refractivity contribution in [2.24, 2.45) is 0 Å². The Morgan fingerprint density at radius 1 is 1.40 bits per heavy atom. The smallest absolute Gasteiger partial charge is 0.281 e. The number of hydrogen-bond donors (Lipinski definition) is 0. The Hall–Kier alpha value is -0.120. The van der Waals surface area contributed by atoms with Crippen LogP contribution >= 0.6 is 11.8 Å². The maximum Gasteiger partial charge on any atom is 0.306 e. The van der Waals surface area contributed by atoms with Crippen LogP contribution in [0.3, 0.4) is 0 Å². The Morgan fingerprint density at radius 2 is 1.80 bits per heavy atom. The molecule has 0 aromatic carbocycles. The SMILES string of the molecule is CC(C)(C)SC(=O)C(F)F. The average Bonchev–Trinajstić information content (AvgIpc) is 1.60. The summed E-state index contributed by atoms with van der Waals surface area (Å²) in [6.45, 7) is 5.16. The summed E-state index contributed by atoms with van der Waals surface area (Å²) in [5.74, 6) is 0. The van der Waals surface area contributed by atoms with Crippen molar-refractivity contribution in [3.8, 4) is 0 Å². The van der Waals surface area contributed by atoms with E-state index in [-0.39, 0.29) is 0 Å². The van der Waals surface area contributed by atoms with E-state index in [9.17, 15) is 13.6 Å². The van der Waals surface area contributed by atoms with Crippen LogP contribution < -0.4 is 0 Å². The summed E-state index contributed by atoms with van der Waals surface area (Å²) in [5.41, 5.74) is 0. The molecule has 0 saturated carbocycles. The third-order valence-electron chi connectivity index (χ3n) is 0.585. The first-order valence-electron chi connectivity index (χ1n) is 2.84. The lowest BCUT2D eigenvalue weighted by Crippen LogP contribution is -2.16. The second-order valence-electron chi connectivity index (χ2n) is 2.83. The number of rotatable bonds is 1. The molecule has 0 atom stereocenters. The molecule has 0 bridgehead atoms. The first-order chi connectivity index (χ1) is 4.33. The molecule has 0 radical (unpaired) electrons.